The molecule has 2 heterocycles. The van der Waals surface area contributed by atoms with E-state index in [0.29, 0.717) is 25.3 Å². The molecule has 0 spiro atoms. The fourth-order valence-corrected chi connectivity index (χ4v) is 2.62. The van der Waals surface area contributed by atoms with Gasteiger partial charge in [0.1, 0.15) is 6.61 Å². The lowest BCUT2D eigenvalue weighted by molar-refractivity contribution is -0.147. The fraction of sp³-hybridized carbons (Fsp3) is 0.500. The first-order valence-corrected chi connectivity index (χ1v) is 6.36. The molecule has 2 fully saturated rings. The molecule has 0 radical (unpaired) electrons. The summed E-state index contributed by atoms with van der Waals surface area (Å²) in [6.07, 6.45) is 1.39. The van der Waals surface area contributed by atoms with Crippen molar-refractivity contribution in [1.82, 2.24) is 4.90 Å². The van der Waals surface area contributed by atoms with E-state index >= 15 is 0 Å². The van der Waals surface area contributed by atoms with E-state index in [2.05, 4.69) is 4.90 Å². The number of likely N-dealkylation sites (tertiary alicyclic amines) is 1. The van der Waals surface area contributed by atoms with Gasteiger partial charge in [0.05, 0.1) is 19.3 Å². The Morgan fingerprint density at radius 3 is 2.89 bits per heavy atom. The van der Waals surface area contributed by atoms with Gasteiger partial charge in [0.2, 0.25) is 0 Å². The van der Waals surface area contributed by atoms with Gasteiger partial charge in [-0.3, -0.25) is 9.69 Å². The third-order valence-electron chi connectivity index (χ3n) is 3.59. The Bertz CT molecular complexity index is 420. The number of morpholine rings is 1. The number of rotatable bonds is 4. The highest BCUT2D eigenvalue weighted by molar-refractivity contribution is 5.71. The van der Waals surface area contributed by atoms with Crippen molar-refractivity contribution in [3.05, 3.63) is 35.9 Å². The van der Waals surface area contributed by atoms with Gasteiger partial charge < -0.3 is 9.47 Å². The molecule has 4 heteroatoms. The van der Waals surface area contributed by atoms with Crippen LogP contribution in [-0.4, -0.2) is 42.7 Å². The van der Waals surface area contributed by atoms with Gasteiger partial charge in [-0.05, 0) is 12.0 Å². The fourth-order valence-electron chi connectivity index (χ4n) is 2.62. The molecule has 1 aromatic rings. The van der Waals surface area contributed by atoms with Crippen molar-refractivity contribution < 1.29 is 14.3 Å². The van der Waals surface area contributed by atoms with Crippen LogP contribution in [0.5, 0.6) is 0 Å². The maximum Gasteiger partial charge on any atom is 0.320 e. The van der Waals surface area contributed by atoms with E-state index in [1.165, 1.54) is 0 Å². The first-order valence-electron chi connectivity index (χ1n) is 6.36. The Labute approximate surface area is 106 Å². The van der Waals surface area contributed by atoms with Gasteiger partial charge in [0.25, 0.3) is 0 Å². The first kappa shape index (κ1) is 11.7. The largest absolute Gasteiger partial charge is 0.460 e. The van der Waals surface area contributed by atoms with Gasteiger partial charge >= 0.3 is 5.97 Å². The van der Waals surface area contributed by atoms with Gasteiger partial charge in [0.15, 0.2) is 0 Å². The summed E-state index contributed by atoms with van der Waals surface area (Å²) in [6.45, 7) is 2.37. The Morgan fingerprint density at radius 1 is 1.39 bits per heavy atom. The third kappa shape index (κ3) is 2.54. The SMILES string of the molecule is O=C(CN1C[C@@H]2C[C@H]1CO2)OCc1ccccc1. The Balaban J connectivity index is 1.45. The van der Waals surface area contributed by atoms with Gasteiger partial charge in [-0.15, -0.1) is 0 Å². The maximum atomic E-state index is 11.7. The standard InChI is InChI=1S/C14H17NO3/c16-14(18-9-11-4-2-1-3-5-11)8-15-7-13-6-12(15)10-17-13/h1-5,12-13H,6-10H2/t12-,13-/m0/s1. The van der Waals surface area contributed by atoms with Crippen LogP contribution in [0.2, 0.25) is 0 Å². The third-order valence-corrected chi connectivity index (χ3v) is 3.59. The summed E-state index contributed by atoms with van der Waals surface area (Å²) in [7, 11) is 0. The van der Waals surface area contributed by atoms with Crippen LogP contribution in [0.4, 0.5) is 0 Å². The average Bonchev–Trinajstić information content (AvgIpc) is 3.00. The molecule has 2 saturated heterocycles. The number of ether oxygens (including phenoxy) is 2. The number of benzene rings is 1. The van der Waals surface area contributed by atoms with E-state index in [9.17, 15) is 4.79 Å². The summed E-state index contributed by atoms with van der Waals surface area (Å²) in [5, 5.41) is 0. The van der Waals surface area contributed by atoms with E-state index in [1.807, 2.05) is 30.3 Å². The van der Waals surface area contributed by atoms with Crippen LogP contribution in [0.1, 0.15) is 12.0 Å². The summed E-state index contributed by atoms with van der Waals surface area (Å²) in [4.78, 5) is 13.9. The molecule has 0 N–H and O–H groups in total. The van der Waals surface area contributed by atoms with E-state index in [0.717, 1.165) is 25.1 Å². The predicted molar refractivity (Wildman–Crippen MR) is 66.0 cm³/mol. The van der Waals surface area contributed by atoms with Gasteiger partial charge in [-0.1, -0.05) is 30.3 Å². The normalized spacial score (nSPS) is 26.4. The molecule has 0 unspecified atom stereocenters. The summed E-state index contributed by atoms with van der Waals surface area (Å²) in [6, 6.07) is 10.2. The number of nitrogens with zero attached hydrogens (tertiary/aromatic N) is 1. The number of hydrogen-bond donors (Lipinski definition) is 0. The van der Waals surface area contributed by atoms with Crippen molar-refractivity contribution in [1.29, 1.82) is 0 Å². The monoisotopic (exact) mass is 247 g/mol. The van der Waals surface area contributed by atoms with Gasteiger partial charge in [-0.25, -0.2) is 0 Å². The molecule has 2 atom stereocenters. The van der Waals surface area contributed by atoms with Crippen molar-refractivity contribution in [3.8, 4) is 0 Å². The number of carbonyl (C=O) groups is 1. The second-order valence-electron chi connectivity index (χ2n) is 4.92. The quantitative estimate of drug-likeness (QED) is 0.749. The van der Waals surface area contributed by atoms with Crippen molar-refractivity contribution in [2.45, 2.75) is 25.2 Å². The number of hydrogen-bond acceptors (Lipinski definition) is 4. The number of esters is 1. The molecule has 1 aromatic carbocycles. The molecule has 18 heavy (non-hydrogen) atoms. The highest BCUT2D eigenvalue weighted by Crippen LogP contribution is 2.27. The van der Waals surface area contributed by atoms with Crippen LogP contribution in [0.25, 0.3) is 0 Å². The highest BCUT2D eigenvalue weighted by Gasteiger charge is 2.39. The second kappa shape index (κ2) is 5.08. The van der Waals surface area contributed by atoms with Crippen molar-refractivity contribution >= 4 is 5.97 Å². The Hall–Kier alpha value is -1.39. The van der Waals surface area contributed by atoms with Crippen LogP contribution in [0, 0.1) is 0 Å². The smallest absolute Gasteiger partial charge is 0.320 e. The van der Waals surface area contributed by atoms with Crippen LogP contribution in [0.15, 0.2) is 30.3 Å². The lowest BCUT2D eigenvalue weighted by Crippen LogP contribution is -2.40. The lowest BCUT2D eigenvalue weighted by Gasteiger charge is -2.25. The van der Waals surface area contributed by atoms with Crippen molar-refractivity contribution in [2.75, 3.05) is 19.7 Å². The Morgan fingerprint density at radius 2 is 2.22 bits per heavy atom. The van der Waals surface area contributed by atoms with Gasteiger partial charge in [-0.2, -0.15) is 0 Å². The topological polar surface area (TPSA) is 38.8 Å². The number of fused-ring (bicyclic) bond motifs is 2. The van der Waals surface area contributed by atoms with E-state index in [1.54, 1.807) is 0 Å². The first-order chi connectivity index (χ1) is 8.81. The lowest BCUT2D eigenvalue weighted by atomic mass is 10.2. The number of carbonyl (C=O) groups excluding carboxylic acids is 1. The molecule has 0 aliphatic carbocycles. The van der Waals surface area contributed by atoms with Crippen LogP contribution >= 0.6 is 0 Å². The van der Waals surface area contributed by atoms with E-state index < -0.39 is 0 Å². The zero-order valence-corrected chi connectivity index (χ0v) is 10.2. The highest BCUT2D eigenvalue weighted by atomic mass is 16.5. The molecule has 96 valence electrons. The zero-order chi connectivity index (χ0) is 12.4. The summed E-state index contributed by atoms with van der Waals surface area (Å²) < 4.78 is 10.8. The van der Waals surface area contributed by atoms with Crippen molar-refractivity contribution in [3.63, 3.8) is 0 Å². The predicted octanol–water partition coefficient (Wildman–Crippen LogP) is 1.20. The second-order valence-corrected chi connectivity index (χ2v) is 4.92. The summed E-state index contributed by atoms with van der Waals surface area (Å²) >= 11 is 0. The Kier molecular flexibility index (Phi) is 3.30. The molecular formula is C14H17NO3. The molecule has 2 aliphatic heterocycles. The summed E-state index contributed by atoms with van der Waals surface area (Å²) in [5.74, 6) is -0.147. The molecule has 4 nitrogen and oxygen atoms in total. The molecule has 3 rings (SSSR count). The van der Waals surface area contributed by atoms with Crippen LogP contribution in [0.3, 0.4) is 0 Å². The molecular weight excluding hydrogens is 230 g/mol. The van der Waals surface area contributed by atoms with E-state index in [-0.39, 0.29) is 5.97 Å². The molecule has 0 amide bonds. The maximum absolute atomic E-state index is 11.7. The van der Waals surface area contributed by atoms with Crippen molar-refractivity contribution in [2.24, 2.45) is 0 Å². The molecule has 2 aliphatic rings. The zero-order valence-electron chi connectivity index (χ0n) is 10.2. The van der Waals surface area contributed by atoms with E-state index in [4.69, 9.17) is 9.47 Å². The van der Waals surface area contributed by atoms with Crippen LogP contribution in [-0.2, 0) is 20.9 Å². The van der Waals surface area contributed by atoms with Gasteiger partial charge in [0, 0.05) is 12.6 Å². The minimum Gasteiger partial charge on any atom is -0.460 e. The van der Waals surface area contributed by atoms with Crippen LogP contribution < -0.4 is 0 Å². The minimum absolute atomic E-state index is 0.147. The summed E-state index contributed by atoms with van der Waals surface area (Å²) in [5.41, 5.74) is 1.03. The molecule has 2 bridgehead atoms. The average molecular weight is 247 g/mol. The molecule has 0 saturated carbocycles. The molecule has 0 aromatic heterocycles. The minimum atomic E-state index is -0.147.